The Labute approximate surface area is 273 Å². The molecule has 0 radical (unpaired) electrons. The Kier molecular flexibility index (Phi) is 11.5. The lowest BCUT2D eigenvalue weighted by atomic mass is 9.88. The standard InChI is InChI=1S/C34H41F4N3O5Si/c1-34(2,3)47(4,5)46-20-26-19-45-27(18-41(26)33(43)44)10-11-28-30(38)16-39-17-31(28)40-32(42)15-29(21-6-8-23(35)9-7-21)22-12-24(36)14-25(37)13-22/h6-9,12-14,16-17,26-27,29H,10-11,15,18-20H2,1-5H3,(H,40,42)(H,43,44)/t26?,27?,29-/m0/s1. The van der Waals surface area contributed by atoms with Crippen LogP contribution in [-0.4, -0.2) is 67.2 Å². The van der Waals surface area contributed by atoms with Gasteiger partial charge in [-0.25, -0.2) is 22.4 Å². The summed E-state index contributed by atoms with van der Waals surface area (Å²) < 4.78 is 69.1. The van der Waals surface area contributed by atoms with Crippen LogP contribution in [0.2, 0.25) is 18.1 Å². The van der Waals surface area contributed by atoms with Gasteiger partial charge in [-0.1, -0.05) is 32.9 Å². The maximum atomic E-state index is 15.1. The topological polar surface area (TPSA) is 101 Å². The van der Waals surface area contributed by atoms with E-state index in [1.807, 2.05) is 0 Å². The van der Waals surface area contributed by atoms with Crippen LogP contribution in [-0.2, 0) is 20.4 Å². The van der Waals surface area contributed by atoms with E-state index in [0.29, 0.717) is 11.6 Å². The first kappa shape index (κ1) is 36.0. The van der Waals surface area contributed by atoms with Gasteiger partial charge in [-0.05, 0) is 66.4 Å². The lowest BCUT2D eigenvalue weighted by Crippen LogP contribution is -2.55. The van der Waals surface area contributed by atoms with Gasteiger partial charge in [-0.3, -0.25) is 14.7 Å². The van der Waals surface area contributed by atoms with Crippen molar-refractivity contribution in [3.63, 3.8) is 0 Å². The van der Waals surface area contributed by atoms with Gasteiger partial charge in [0.05, 0.1) is 50.0 Å². The molecule has 0 bridgehead atoms. The lowest BCUT2D eigenvalue weighted by Gasteiger charge is -2.41. The fourth-order valence-electron chi connectivity index (χ4n) is 5.24. The number of morpholine rings is 1. The molecule has 1 aliphatic heterocycles. The number of hydrogen-bond acceptors (Lipinski definition) is 5. The Morgan fingerprint density at radius 3 is 2.32 bits per heavy atom. The van der Waals surface area contributed by atoms with Crippen molar-refractivity contribution in [2.75, 3.05) is 25.1 Å². The third kappa shape index (κ3) is 9.39. The van der Waals surface area contributed by atoms with Crippen molar-refractivity contribution < 1.29 is 41.4 Å². The van der Waals surface area contributed by atoms with Gasteiger partial charge in [0.15, 0.2) is 8.32 Å². The fraction of sp³-hybridized carbons (Fsp3) is 0.441. The number of rotatable bonds is 11. The zero-order valence-corrected chi connectivity index (χ0v) is 28.2. The first-order valence-electron chi connectivity index (χ1n) is 15.4. The molecular weight excluding hydrogens is 634 g/mol. The highest BCUT2D eigenvalue weighted by Gasteiger charge is 2.40. The van der Waals surface area contributed by atoms with Crippen molar-refractivity contribution in [1.29, 1.82) is 0 Å². The summed E-state index contributed by atoms with van der Waals surface area (Å²) in [7, 11) is -2.12. The second-order valence-electron chi connectivity index (χ2n) is 13.4. The number of amides is 2. The summed E-state index contributed by atoms with van der Waals surface area (Å²) in [6, 6.07) is 7.68. The number of nitrogens with one attached hydrogen (secondary N) is 1. The largest absolute Gasteiger partial charge is 0.465 e. The van der Waals surface area contributed by atoms with Crippen molar-refractivity contribution in [3.05, 3.63) is 94.8 Å². The fourth-order valence-corrected chi connectivity index (χ4v) is 6.28. The molecular formula is C34H41F4N3O5Si. The Morgan fingerprint density at radius 2 is 1.70 bits per heavy atom. The van der Waals surface area contributed by atoms with Gasteiger partial charge in [0, 0.05) is 24.0 Å². The highest BCUT2D eigenvalue weighted by molar-refractivity contribution is 6.74. The first-order chi connectivity index (χ1) is 22.0. The SMILES string of the molecule is CC(C)(C)[Si](C)(C)OCC1COC(CCc2c(F)cncc2NC(=O)C[C@@H](c2ccc(F)cc2)c2cc(F)cc(F)c2)CN1C(=O)O. The highest BCUT2D eigenvalue weighted by atomic mass is 28.4. The van der Waals surface area contributed by atoms with Gasteiger partial charge in [0.1, 0.15) is 23.3 Å². The second kappa shape index (κ2) is 15.0. The van der Waals surface area contributed by atoms with E-state index in [4.69, 9.17) is 9.16 Å². The molecule has 47 heavy (non-hydrogen) atoms. The van der Waals surface area contributed by atoms with E-state index < -0.39 is 61.7 Å². The van der Waals surface area contributed by atoms with Crippen LogP contribution < -0.4 is 5.32 Å². The van der Waals surface area contributed by atoms with Gasteiger partial charge in [0.25, 0.3) is 0 Å². The van der Waals surface area contributed by atoms with Crippen LogP contribution in [0.3, 0.4) is 0 Å². The molecule has 13 heteroatoms. The summed E-state index contributed by atoms with van der Waals surface area (Å²) in [4.78, 5) is 30.6. The minimum absolute atomic E-state index is 0.0416. The molecule has 254 valence electrons. The molecule has 1 aliphatic rings. The van der Waals surface area contributed by atoms with Crippen LogP contribution >= 0.6 is 0 Å². The van der Waals surface area contributed by atoms with E-state index in [-0.39, 0.29) is 60.9 Å². The Morgan fingerprint density at radius 1 is 1.04 bits per heavy atom. The Bertz CT molecular complexity index is 1550. The zero-order chi connectivity index (χ0) is 34.5. The first-order valence-corrected chi connectivity index (χ1v) is 18.3. The van der Waals surface area contributed by atoms with E-state index in [0.717, 1.165) is 18.3 Å². The molecule has 2 aromatic carbocycles. The third-order valence-corrected chi connectivity index (χ3v) is 13.5. The minimum Gasteiger partial charge on any atom is -0.465 e. The summed E-state index contributed by atoms with van der Waals surface area (Å²) >= 11 is 0. The lowest BCUT2D eigenvalue weighted by molar-refractivity contribution is -0.116. The van der Waals surface area contributed by atoms with Crippen LogP contribution in [0, 0.1) is 23.3 Å². The summed E-state index contributed by atoms with van der Waals surface area (Å²) in [6.07, 6.45) is 0.748. The predicted octanol–water partition coefficient (Wildman–Crippen LogP) is 7.50. The van der Waals surface area contributed by atoms with E-state index in [1.165, 1.54) is 35.4 Å². The summed E-state index contributed by atoms with van der Waals surface area (Å²) in [5.74, 6) is -4.27. The summed E-state index contributed by atoms with van der Waals surface area (Å²) in [5, 5.41) is 12.5. The summed E-state index contributed by atoms with van der Waals surface area (Å²) in [5.41, 5.74) is 0.879. The van der Waals surface area contributed by atoms with Gasteiger partial charge < -0.3 is 19.6 Å². The van der Waals surface area contributed by atoms with E-state index in [9.17, 15) is 27.9 Å². The maximum absolute atomic E-state index is 15.1. The number of anilines is 1. The Hall–Kier alpha value is -3.81. The number of carbonyl (C=O) groups is 2. The molecule has 3 atom stereocenters. The van der Waals surface area contributed by atoms with Crippen molar-refractivity contribution >= 4 is 26.0 Å². The van der Waals surface area contributed by atoms with E-state index in [2.05, 4.69) is 44.2 Å². The minimum atomic E-state index is -2.12. The number of aromatic nitrogens is 1. The normalized spacial score (nSPS) is 17.8. The second-order valence-corrected chi connectivity index (χ2v) is 18.2. The Balaban J connectivity index is 1.44. The molecule has 2 N–H and O–H groups in total. The molecule has 2 amide bonds. The molecule has 0 saturated carbocycles. The molecule has 3 aromatic rings. The van der Waals surface area contributed by atoms with Crippen molar-refractivity contribution in [2.45, 2.75) is 76.2 Å². The monoisotopic (exact) mass is 675 g/mol. The number of pyridine rings is 1. The predicted molar refractivity (Wildman–Crippen MR) is 172 cm³/mol. The van der Waals surface area contributed by atoms with Crippen LogP contribution in [0.15, 0.2) is 54.9 Å². The third-order valence-electron chi connectivity index (χ3n) is 9.00. The molecule has 0 aliphatic carbocycles. The van der Waals surface area contributed by atoms with Crippen LogP contribution in [0.5, 0.6) is 0 Å². The van der Waals surface area contributed by atoms with Crippen molar-refractivity contribution in [2.24, 2.45) is 0 Å². The van der Waals surface area contributed by atoms with Gasteiger partial charge in [-0.2, -0.15) is 0 Å². The molecule has 4 rings (SSSR count). The van der Waals surface area contributed by atoms with Gasteiger partial charge in [0.2, 0.25) is 5.91 Å². The molecule has 1 aromatic heterocycles. The highest BCUT2D eigenvalue weighted by Crippen LogP contribution is 2.37. The van der Waals surface area contributed by atoms with E-state index >= 15 is 4.39 Å². The smallest absolute Gasteiger partial charge is 0.407 e. The van der Waals surface area contributed by atoms with E-state index in [1.54, 1.807) is 0 Å². The number of hydrogen-bond donors (Lipinski definition) is 2. The van der Waals surface area contributed by atoms with Crippen LogP contribution in [0.4, 0.5) is 28.0 Å². The van der Waals surface area contributed by atoms with Crippen molar-refractivity contribution in [3.8, 4) is 0 Å². The number of carboxylic acid groups (broad SMARTS) is 1. The molecule has 2 unspecified atom stereocenters. The number of halogens is 4. The number of carbonyl (C=O) groups excluding carboxylic acids is 1. The quantitative estimate of drug-likeness (QED) is 0.161. The zero-order valence-electron chi connectivity index (χ0n) is 27.2. The van der Waals surface area contributed by atoms with Crippen molar-refractivity contribution in [1.82, 2.24) is 9.88 Å². The maximum Gasteiger partial charge on any atom is 0.407 e. The molecule has 1 saturated heterocycles. The van der Waals surface area contributed by atoms with Crippen LogP contribution in [0.25, 0.3) is 0 Å². The van der Waals surface area contributed by atoms with Crippen LogP contribution in [0.1, 0.15) is 56.2 Å². The average Bonchev–Trinajstić information content (AvgIpc) is 2.98. The number of benzene rings is 2. The molecule has 0 spiro atoms. The summed E-state index contributed by atoms with van der Waals surface area (Å²) in [6.45, 7) is 10.9. The molecule has 1 fully saturated rings. The molecule has 2 heterocycles. The van der Waals surface area contributed by atoms with Gasteiger partial charge >= 0.3 is 6.09 Å². The average molecular weight is 676 g/mol. The molecule has 8 nitrogen and oxygen atoms in total. The number of nitrogens with zero attached hydrogens (tertiary/aromatic N) is 2. The van der Waals surface area contributed by atoms with Gasteiger partial charge in [-0.15, -0.1) is 0 Å². The number of ether oxygens (including phenoxy) is 1.